The molecule has 0 spiro atoms. The Kier molecular flexibility index (Phi) is 4.82. The minimum absolute atomic E-state index is 0.0595. The number of amides is 1. The van der Waals surface area contributed by atoms with Crippen LogP contribution < -0.4 is 5.32 Å². The SMILES string of the molecule is CC(C(=O)NC1(C#N)CCCCC1)c1ccc(Br)cc1. The van der Waals surface area contributed by atoms with Crippen LogP contribution in [0.1, 0.15) is 50.5 Å². The van der Waals surface area contributed by atoms with Gasteiger partial charge in [0.25, 0.3) is 0 Å². The molecule has 3 nitrogen and oxygen atoms in total. The monoisotopic (exact) mass is 334 g/mol. The van der Waals surface area contributed by atoms with Crippen molar-refractivity contribution in [1.29, 1.82) is 5.26 Å². The molecule has 2 rings (SSSR count). The number of nitrogens with one attached hydrogen (secondary N) is 1. The molecule has 1 aromatic carbocycles. The molecule has 0 heterocycles. The standard InChI is InChI=1S/C16H19BrN2O/c1-12(13-5-7-14(17)8-6-13)15(20)19-16(11-18)9-3-2-4-10-16/h5-8,12H,2-4,9-10H2,1H3,(H,19,20). The van der Waals surface area contributed by atoms with Crippen LogP contribution in [0.15, 0.2) is 28.7 Å². The summed E-state index contributed by atoms with van der Waals surface area (Å²) in [6.45, 7) is 1.88. The maximum absolute atomic E-state index is 12.4. The van der Waals surface area contributed by atoms with Crippen molar-refractivity contribution in [1.82, 2.24) is 5.32 Å². The molecular weight excluding hydrogens is 316 g/mol. The van der Waals surface area contributed by atoms with E-state index in [9.17, 15) is 10.1 Å². The molecule has 1 fully saturated rings. The maximum Gasteiger partial charge on any atom is 0.228 e. The van der Waals surface area contributed by atoms with Gasteiger partial charge in [-0.2, -0.15) is 5.26 Å². The van der Waals surface area contributed by atoms with Crippen molar-refractivity contribution < 1.29 is 4.79 Å². The average Bonchev–Trinajstić information content (AvgIpc) is 2.48. The Morgan fingerprint density at radius 3 is 2.45 bits per heavy atom. The number of benzene rings is 1. The summed E-state index contributed by atoms with van der Waals surface area (Å²) in [4.78, 5) is 12.4. The van der Waals surface area contributed by atoms with Crippen LogP contribution in [-0.4, -0.2) is 11.4 Å². The van der Waals surface area contributed by atoms with E-state index in [1.807, 2.05) is 31.2 Å². The zero-order valence-electron chi connectivity index (χ0n) is 11.7. The number of carbonyl (C=O) groups is 1. The number of rotatable bonds is 3. The largest absolute Gasteiger partial charge is 0.337 e. The molecule has 1 N–H and O–H groups in total. The van der Waals surface area contributed by atoms with Gasteiger partial charge in [-0.3, -0.25) is 4.79 Å². The second kappa shape index (κ2) is 6.41. The van der Waals surface area contributed by atoms with E-state index in [2.05, 4.69) is 27.3 Å². The van der Waals surface area contributed by atoms with Gasteiger partial charge in [-0.1, -0.05) is 47.3 Å². The van der Waals surface area contributed by atoms with Crippen LogP contribution in [0.2, 0.25) is 0 Å². The first-order valence-corrected chi connectivity index (χ1v) is 7.84. The number of nitrogens with zero attached hydrogens (tertiary/aromatic N) is 1. The van der Waals surface area contributed by atoms with Crippen molar-refractivity contribution in [2.24, 2.45) is 0 Å². The van der Waals surface area contributed by atoms with Crippen LogP contribution in [0.3, 0.4) is 0 Å². The molecule has 20 heavy (non-hydrogen) atoms. The van der Waals surface area contributed by atoms with Gasteiger partial charge in [0.1, 0.15) is 5.54 Å². The third kappa shape index (κ3) is 3.40. The summed E-state index contributed by atoms with van der Waals surface area (Å²) in [5, 5.41) is 12.4. The molecule has 0 saturated heterocycles. The second-order valence-electron chi connectivity index (χ2n) is 5.52. The van der Waals surface area contributed by atoms with Crippen molar-refractivity contribution in [3.8, 4) is 6.07 Å². The predicted octanol–water partition coefficient (Wildman–Crippen LogP) is 3.90. The summed E-state index contributed by atoms with van der Waals surface area (Å²) in [5.74, 6) is -0.300. The Labute approximate surface area is 128 Å². The predicted molar refractivity (Wildman–Crippen MR) is 82.1 cm³/mol. The fourth-order valence-electron chi connectivity index (χ4n) is 2.67. The number of halogens is 1. The van der Waals surface area contributed by atoms with E-state index in [-0.39, 0.29) is 11.8 Å². The molecule has 1 aromatic rings. The van der Waals surface area contributed by atoms with Crippen molar-refractivity contribution >= 4 is 21.8 Å². The topological polar surface area (TPSA) is 52.9 Å². The Balaban J connectivity index is 2.07. The van der Waals surface area contributed by atoms with Gasteiger partial charge in [0, 0.05) is 4.47 Å². The van der Waals surface area contributed by atoms with Gasteiger partial charge in [-0.25, -0.2) is 0 Å². The lowest BCUT2D eigenvalue weighted by molar-refractivity contribution is -0.123. The van der Waals surface area contributed by atoms with Crippen molar-refractivity contribution in [2.45, 2.75) is 50.5 Å². The lowest BCUT2D eigenvalue weighted by Gasteiger charge is -2.32. The van der Waals surface area contributed by atoms with Crippen LogP contribution in [0, 0.1) is 11.3 Å². The minimum Gasteiger partial charge on any atom is -0.337 e. The second-order valence-corrected chi connectivity index (χ2v) is 6.43. The van der Waals surface area contributed by atoms with Crippen LogP contribution in [0.4, 0.5) is 0 Å². The lowest BCUT2D eigenvalue weighted by Crippen LogP contribution is -2.49. The van der Waals surface area contributed by atoms with E-state index < -0.39 is 5.54 Å². The first-order valence-electron chi connectivity index (χ1n) is 7.05. The van der Waals surface area contributed by atoms with E-state index in [1.165, 1.54) is 0 Å². The molecule has 1 aliphatic carbocycles. The van der Waals surface area contributed by atoms with E-state index in [1.54, 1.807) is 0 Å². The molecule has 4 heteroatoms. The number of hydrogen-bond donors (Lipinski definition) is 1. The van der Waals surface area contributed by atoms with Crippen molar-refractivity contribution in [2.75, 3.05) is 0 Å². The van der Waals surface area contributed by atoms with Crippen LogP contribution in [0.25, 0.3) is 0 Å². The molecule has 0 radical (unpaired) electrons. The van der Waals surface area contributed by atoms with Crippen molar-refractivity contribution in [3.63, 3.8) is 0 Å². The molecule has 1 aliphatic rings. The molecule has 0 aliphatic heterocycles. The van der Waals surface area contributed by atoms with E-state index in [0.29, 0.717) is 0 Å². The van der Waals surface area contributed by atoms with Crippen LogP contribution in [0.5, 0.6) is 0 Å². The average molecular weight is 335 g/mol. The molecule has 0 bridgehead atoms. The zero-order valence-corrected chi connectivity index (χ0v) is 13.2. The lowest BCUT2D eigenvalue weighted by atomic mass is 9.82. The highest BCUT2D eigenvalue weighted by molar-refractivity contribution is 9.10. The first-order chi connectivity index (χ1) is 9.56. The van der Waals surface area contributed by atoms with Crippen LogP contribution in [-0.2, 0) is 4.79 Å². The Morgan fingerprint density at radius 2 is 1.90 bits per heavy atom. The maximum atomic E-state index is 12.4. The van der Waals surface area contributed by atoms with Gasteiger partial charge in [0.05, 0.1) is 12.0 Å². The van der Waals surface area contributed by atoms with Gasteiger partial charge < -0.3 is 5.32 Å². The summed E-state index contributed by atoms with van der Waals surface area (Å²) in [6.07, 6.45) is 4.72. The molecule has 1 amide bonds. The zero-order chi connectivity index (χ0) is 14.6. The Bertz CT molecular complexity index is 512. The van der Waals surface area contributed by atoms with Crippen LogP contribution >= 0.6 is 15.9 Å². The quantitative estimate of drug-likeness (QED) is 0.911. The Morgan fingerprint density at radius 1 is 1.30 bits per heavy atom. The van der Waals surface area contributed by atoms with Gasteiger partial charge >= 0.3 is 0 Å². The van der Waals surface area contributed by atoms with Gasteiger partial charge in [0.2, 0.25) is 5.91 Å². The van der Waals surface area contributed by atoms with Gasteiger partial charge in [-0.05, 0) is 37.5 Å². The third-order valence-electron chi connectivity index (χ3n) is 4.05. The van der Waals surface area contributed by atoms with Gasteiger partial charge in [-0.15, -0.1) is 0 Å². The number of hydrogen-bond acceptors (Lipinski definition) is 2. The van der Waals surface area contributed by atoms with E-state index >= 15 is 0 Å². The smallest absolute Gasteiger partial charge is 0.228 e. The fourth-order valence-corrected chi connectivity index (χ4v) is 2.93. The molecule has 0 aromatic heterocycles. The third-order valence-corrected chi connectivity index (χ3v) is 4.58. The summed E-state index contributed by atoms with van der Waals surface area (Å²) >= 11 is 3.39. The summed E-state index contributed by atoms with van der Waals surface area (Å²) < 4.78 is 0.995. The molecule has 1 unspecified atom stereocenters. The number of nitriles is 1. The highest BCUT2D eigenvalue weighted by Gasteiger charge is 2.34. The molecule has 1 saturated carbocycles. The highest BCUT2D eigenvalue weighted by Crippen LogP contribution is 2.29. The summed E-state index contributed by atoms with van der Waals surface area (Å²) in [6, 6.07) is 10.1. The normalized spacial score (nSPS) is 18.9. The van der Waals surface area contributed by atoms with E-state index in [4.69, 9.17) is 0 Å². The Hall–Kier alpha value is -1.34. The van der Waals surface area contributed by atoms with E-state index in [0.717, 1.165) is 42.1 Å². The minimum atomic E-state index is -0.654. The first kappa shape index (κ1) is 15.1. The van der Waals surface area contributed by atoms with Crippen molar-refractivity contribution in [3.05, 3.63) is 34.3 Å². The van der Waals surface area contributed by atoms with Gasteiger partial charge in [0.15, 0.2) is 0 Å². The molecule has 106 valence electrons. The fraction of sp³-hybridized carbons (Fsp3) is 0.500. The molecular formula is C16H19BrN2O. The summed E-state index contributed by atoms with van der Waals surface area (Å²) in [5.41, 5.74) is 0.313. The highest BCUT2D eigenvalue weighted by atomic mass is 79.9. The summed E-state index contributed by atoms with van der Waals surface area (Å²) in [7, 11) is 0. The number of carbonyl (C=O) groups excluding carboxylic acids is 1. The molecule has 1 atom stereocenters.